The minimum atomic E-state index is 0.167. The van der Waals surface area contributed by atoms with E-state index in [0.29, 0.717) is 12.2 Å². The third-order valence-corrected chi connectivity index (χ3v) is 2.75. The molecular weight excluding hydrogens is 218 g/mol. The minimum absolute atomic E-state index is 0.167. The van der Waals surface area contributed by atoms with Crippen molar-refractivity contribution in [3.05, 3.63) is 11.9 Å². The first-order chi connectivity index (χ1) is 8.26. The van der Waals surface area contributed by atoms with Gasteiger partial charge in [-0.2, -0.15) is 0 Å². The lowest BCUT2D eigenvalue weighted by Crippen LogP contribution is -2.22. The monoisotopic (exact) mass is 239 g/mol. The number of hydrogen-bond acceptors (Lipinski definition) is 6. The van der Waals surface area contributed by atoms with Gasteiger partial charge in [0.25, 0.3) is 0 Å². The van der Waals surface area contributed by atoms with Crippen LogP contribution in [-0.2, 0) is 6.42 Å². The summed E-state index contributed by atoms with van der Waals surface area (Å²) in [5.41, 5.74) is 3.53. The molecule has 0 amide bonds. The van der Waals surface area contributed by atoms with Crippen LogP contribution in [-0.4, -0.2) is 27.7 Å². The largest absolute Gasteiger partial charge is 0.396 e. The SMILES string of the molecule is CCc1c(NN)ncnc1NC(CC)CCO. The molecule has 0 bridgehead atoms. The summed E-state index contributed by atoms with van der Waals surface area (Å²) in [6.07, 6.45) is 3.90. The topological polar surface area (TPSA) is 96.1 Å². The van der Waals surface area contributed by atoms with Crippen LogP contribution in [0.4, 0.5) is 11.6 Å². The van der Waals surface area contributed by atoms with Gasteiger partial charge >= 0.3 is 0 Å². The summed E-state index contributed by atoms with van der Waals surface area (Å²) in [4.78, 5) is 8.30. The van der Waals surface area contributed by atoms with E-state index in [9.17, 15) is 0 Å². The van der Waals surface area contributed by atoms with E-state index >= 15 is 0 Å². The smallest absolute Gasteiger partial charge is 0.148 e. The number of nitrogen functional groups attached to an aromatic ring is 1. The van der Waals surface area contributed by atoms with Gasteiger partial charge in [-0.1, -0.05) is 13.8 Å². The fourth-order valence-corrected chi connectivity index (χ4v) is 1.72. The molecule has 1 rings (SSSR count). The number of nitrogens with one attached hydrogen (secondary N) is 2. The number of aromatic nitrogens is 2. The van der Waals surface area contributed by atoms with Gasteiger partial charge in [0, 0.05) is 18.2 Å². The molecule has 0 aliphatic heterocycles. The lowest BCUT2D eigenvalue weighted by molar-refractivity contribution is 0.278. The number of hydrogen-bond donors (Lipinski definition) is 4. The molecule has 0 aliphatic carbocycles. The van der Waals surface area contributed by atoms with Crippen molar-refractivity contribution in [2.45, 2.75) is 39.2 Å². The Labute approximate surface area is 102 Å². The fourth-order valence-electron chi connectivity index (χ4n) is 1.72. The van der Waals surface area contributed by atoms with E-state index in [4.69, 9.17) is 10.9 Å². The molecule has 0 radical (unpaired) electrons. The van der Waals surface area contributed by atoms with Crippen LogP contribution in [0.25, 0.3) is 0 Å². The second-order valence-electron chi connectivity index (χ2n) is 3.81. The second kappa shape index (κ2) is 7.03. The van der Waals surface area contributed by atoms with E-state index in [1.165, 1.54) is 6.33 Å². The number of anilines is 2. The highest BCUT2D eigenvalue weighted by Crippen LogP contribution is 2.21. The van der Waals surface area contributed by atoms with Crippen LogP contribution < -0.4 is 16.6 Å². The van der Waals surface area contributed by atoms with Gasteiger partial charge in [-0.15, -0.1) is 0 Å². The molecule has 6 heteroatoms. The highest BCUT2D eigenvalue weighted by Gasteiger charge is 2.12. The normalized spacial score (nSPS) is 12.2. The van der Waals surface area contributed by atoms with Crippen LogP contribution in [0.5, 0.6) is 0 Å². The summed E-state index contributed by atoms with van der Waals surface area (Å²) in [6.45, 7) is 4.26. The second-order valence-corrected chi connectivity index (χ2v) is 3.81. The Morgan fingerprint density at radius 2 is 2.06 bits per heavy atom. The molecule has 1 heterocycles. The molecule has 0 aromatic carbocycles. The van der Waals surface area contributed by atoms with Crippen molar-refractivity contribution >= 4 is 11.6 Å². The Morgan fingerprint density at radius 3 is 2.59 bits per heavy atom. The van der Waals surface area contributed by atoms with Crippen molar-refractivity contribution in [1.29, 1.82) is 0 Å². The molecule has 1 atom stereocenters. The molecule has 0 aliphatic rings. The third-order valence-electron chi connectivity index (χ3n) is 2.75. The van der Waals surface area contributed by atoms with Gasteiger partial charge in [0.05, 0.1) is 0 Å². The van der Waals surface area contributed by atoms with Crippen LogP contribution in [0.3, 0.4) is 0 Å². The highest BCUT2D eigenvalue weighted by atomic mass is 16.3. The Balaban J connectivity index is 2.88. The Bertz CT molecular complexity index is 345. The minimum Gasteiger partial charge on any atom is -0.396 e. The first kappa shape index (κ1) is 13.7. The van der Waals surface area contributed by atoms with Crippen LogP contribution in [0.2, 0.25) is 0 Å². The zero-order chi connectivity index (χ0) is 12.7. The van der Waals surface area contributed by atoms with Crippen molar-refractivity contribution in [2.75, 3.05) is 17.3 Å². The van der Waals surface area contributed by atoms with Crippen LogP contribution in [0.15, 0.2) is 6.33 Å². The Kier molecular flexibility index (Phi) is 5.65. The van der Waals surface area contributed by atoms with Gasteiger partial charge in [-0.25, -0.2) is 15.8 Å². The standard InChI is InChI=1S/C11H21N5O/c1-3-8(5-6-17)15-10-9(4-2)11(16-12)14-7-13-10/h7-8,17H,3-6,12H2,1-2H3,(H2,13,14,15,16). The van der Waals surface area contributed by atoms with E-state index in [2.05, 4.69) is 27.6 Å². The summed E-state index contributed by atoms with van der Waals surface area (Å²) in [7, 11) is 0. The maximum atomic E-state index is 8.97. The maximum absolute atomic E-state index is 8.97. The third kappa shape index (κ3) is 3.54. The quantitative estimate of drug-likeness (QED) is 0.417. The Morgan fingerprint density at radius 1 is 1.35 bits per heavy atom. The molecule has 17 heavy (non-hydrogen) atoms. The first-order valence-electron chi connectivity index (χ1n) is 5.94. The fraction of sp³-hybridized carbons (Fsp3) is 0.636. The molecular formula is C11H21N5O. The van der Waals surface area contributed by atoms with Crippen molar-refractivity contribution in [2.24, 2.45) is 5.84 Å². The number of rotatable bonds is 7. The summed E-state index contributed by atoms with van der Waals surface area (Å²) in [5, 5.41) is 12.3. The molecule has 0 saturated heterocycles. The molecule has 1 unspecified atom stereocenters. The number of aliphatic hydroxyl groups excluding tert-OH is 1. The highest BCUT2D eigenvalue weighted by molar-refractivity contribution is 5.57. The van der Waals surface area contributed by atoms with Gasteiger partial charge in [0.15, 0.2) is 0 Å². The van der Waals surface area contributed by atoms with Gasteiger partial charge in [-0.05, 0) is 19.3 Å². The lowest BCUT2D eigenvalue weighted by Gasteiger charge is -2.19. The predicted octanol–water partition coefficient (Wildman–Crippen LogP) is 0.897. The molecule has 5 N–H and O–H groups in total. The van der Waals surface area contributed by atoms with Crippen molar-refractivity contribution in [1.82, 2.24) is 9.97 Å². The van der Waals surface area contributed by atoms with Crippen LogP contribution in [0, 0.1) is 0 Å². The zero-order valence-electron chi connectivity index (χ0n) is 10.4. The van der Waals surface area contributed by atoms with Gasteiger partial charge in [-0.3, -0.25) is 0 Å². The molecule has 0 saturated carbocycles. The van der Waals surface area contributed by atoms with Crippen molar-refractivity contribution < 1.29 is 5.11 Å². The van der Waals surface area contributed by atoms with E-state index in [0.717, 1.165) is 24.2 Å². The van der Waals surface area contributed by atoms with Gasteiger partial charge < -0.3 is 15.8 Å². The number of aliphatic hydroxyl groups is 1. The van der Waals surface area contributed by atoms with E-state index in [1.54, 1.807) is 0 Å². The lowest BCUT2D eigenvalue weighted by atomic mass is 10.1. The Hall–Kier alpha value is -1.40. The molecule has 0 fully saturated rings. The van der Waals surface area contributed by atoms with E-state index in [-0.39, 0.29) is 12.6 Å². The van der Waals surface area contributed by atoms with Crippen LogP contribution >= 0.6 is 0 Å². The maximum Gasteiger partial charge on any atom is 0.148 e. The predicted molar refractivity (Wildman–Crippen MR) is 68.6 cm³/mol. The van der Waals surface area contributed by atoms with Gasteiger partial charge in [0.1, 0.15) is 18.0 Å². The molecule has 96 valence electrons. The van der Waals surface area contributed by atoms with Crippen molar-refractivity contribution in [3.8, 4) is 0 Å². The van der Waals surface area contributed by atoms with Gasteiger partial charge in [0.2, 0.25) is 0 Å². The summed E-state index contributed by atoms with van der Waals surface area (Å²) in [6, 6.07) is 0.214. The number of hydrazine groups is 1. The zero-order valence-corrected chi connectivity index (χ0v) is 10.4. The molecule has 1 aromatic heterocycles. The van der Waals surface area contributed by atoms with E-state index < -0.39 is 0 Å². The summed E-state index contributed by atoms with van der Waals surface area (Å²) in [5.74, 6) is 6.84. The first-order valence-corrected chi connectivity index (χ1v) is 5.94. The molecule has 6 nitrogen and oxygen atoms in total. The number of nitrogens with two attached hydrogens (primary N) is 1. The van der Waals surface area contributed by atoms with Crippen LogP contribution in [0.1, 0.15) is 32.3 Å². The average Bonchev–Trinajstić information content (AvgIpc) is 2.37. The molecule has 1 aromatic rings. The average molecular weight is 239 g/mol. The molecule has 0 spiro atoms. The summed E-state index contributed by atoms with van der Waals surface area (Å²) >= 11 is 0. The summed E-state index contributed by atoms with van der Waals surface area (Å²) < 4.78 is 0. The van der Waals surface area contributed by atoms with E-state index in [1.807, 2.05) is 6.92 Å². The number of nitrogens with zero attached hydrogens (tertiary/aromatic N) is 2. The van der Waals surface area contributed by atoms with Crippen molar-refractivity contribution in [3.63, 3.8) is 0 Å².